The zero-order valence-electron chi connectivity index (χ0n) is 12.7. The summed E-state index contributed by atoms with van der Waals surface area (Å²) in [5.41, 5.74) is -0.392. The Morgan fingerprint density at radius 3 is 2.52 bits per heavy atom. The van der Waals surface area contributed by atoms with E-state index < -0.39 is 17.5 Å². The van der Waals surface area contributed by atoms with E-state index in [0.717, 1.165) is 6.07 Å². The van der Waals surface area contributed by atoms with Gasteiger partial charge in [-0.1, -0.05) is 0 Å². The van der Waals surface area contributed by atoms with Crippen LogP contribution in [0, 0.1) is 5.82 Å². The molecule has 1 N–H and O–H groups in total. The molecule has 0 fully saturated rings. The van der Waals surface area contributed by atoms with Gasteiger partial charge in [-0.05, 0) is 45.9 Å². The van der Waals surface area contributed by atoms with Gasteiger partial charge in [0.2, 0.25) is 0 Å². The van der Waals surface area contributed by atoms with Crippen molar-refractivity contribution in [3.05, 3.63) is 29.6 Å². The predicted molar refractivity (Wildman–Crippen MR) is 76.1 cm³/mol. The normalized spacial score (nSPS) is 10.9. The van der Waals surface area contributed by atoms with Gasteiger partial charge in [0.05, 0.1) is 12.1 Å². The summed E-state index contributed by atoms with van der Waals surface area (Å²) >= 11 is 0. The van der Waals surface area contributed by atoms with E-state index in [-0.39, 0.29) is 30.2 Å². The van der Waals surface area contributed by atoms with E-state index in [2.05, 4.69) is 5.32 Å². The third kappa shape index (κ3) is 6.25. The van der Waals surface area contributed by atoms with Crippen molar-refractivity contribution >= 4 is 11.9 Å². The van der Waals surface area contributed by atoms with Crippen molar-refractivity contribution in [1.29, 1.82) is 0 Å². The van der Waals surface area contributed by atoms with Gasteiger partial charge in [0, 0.05) is 0 Å². The molecule has 0 unspecified atom stereocenters. The number of carbonyl (C=O) groups excluding carboxylic acids is 2. The third-order valence-electron chi connectivity index (χ3n) is 2.35. The molecule has 0 aliphatic rings. The van der Waals surface area contributed by atoms with Crippen molar-refractivity contribution in [2.75, 3.05) is 13.2 Å². The molecular formula is C15H20FNO4. The lowest BCUT2D eigenvalue weighted by molar-refractivity contribution is 0.0519. The SMILES string of the molecule is CC(=O)c1cc(F)ccc1OCCNC(=O)OC(C)(C)C. The molecule has 6 heteroatoms. The number of halogens is 1. The van der Waals surface area contributed by atoms with Gasteiger partial charge in [-0.2, -0.15) is 0 Å². The lowest BCUT2D eigenvalue weighted by atomic mass is 10.1. The maximum absolute atomic E-state index is 13.1. The maximum atomic E-state index is 13.1. The third-order valence-corrected chi connectivity index (χ3v) is 2.35. The number of hydrogen-bond donors (Lipinski definition) is 1. The number of nitrogens with one attached hydrogen (secondary N) is 1. The fourth-order valence-electron chi connectivity index (χ4n) is 1.53. The minimum absolute atomic E-state index is 0.144. The van der Waals surface area contributed by atoms with Gasteiger partial charge in [-0.3, -0.25) is 4.79 Å². The van der Waals surface area contributed by atoms with Crippen LogP contribution in [0.5, 0.6) is 5.75 Å². The number of carbonyl (C=O) groups is 2. The Morgan fingerprint density at radius 2 is 1.95 bits per heavy atom. The van der Waals surface area contributed by atoms with Gasteiger partial charge in [-0.15, -0.1) is 0 Å². The fraction of sp³-hybridized carbons (Fsp3) is 0.467. The fourth-order valence-corrected chi connectivity index (χ4v) is 1.53. The summed E-state index contributed by atoms with van der Waals surface area (Å²) in [6, 6.07) is 3.72. The van der Waals surface area contributed by atoms with Crippen LogP contribution in [0.2, 0.25) is 0 Å². The number of ether oxygens (including phenoxy) is 2. The van der Waals surface area contributed by atoms with Crippen LogP contribution < -0.4 is 10.1 Å². The number of alkyl carbamates (subject to hydrolysis) is 1. The van der Waals surface area contributed by atoms with Gasteiger partial charge in [-0.25, -0.2) is 9.18 Å². The van der Waals surface area contributed by atoms with Crippen LogP contribution in [-0.2, 0) is 4.74 Å². The van der Waals surface area contributed by atoms with Crippen LogP contribution in [0.15, 0.2) is 18.2 Å². The number of ketones is 1. The zero-order valence-corrected chi connectivity index (χ0v) is 12.7. The van der Waals surface area contributed by atoms with E-state index in [1.165, 1.54) is 19.1 Å². The molecule has 21 heavy (non-hydrogen) atoms. The molecule has 1 aromatic rings. The minimum Gasteiger partial charge on any atom is -0.491 e. The molecule has 1 aromatic carbocycles. The second-order valence-electron chi connectivity index (χ2n) is 5.47. The highest BCUT2D eigenvalue weighted by Crippen LogP contribution is 2.20. The summed E-state index contributed by atoms with van der Waals surface area (Å²) in [5.74, 6) is -0.501. The smallest absolute Gasteiger partial charge is 0.407 e. The van der Waals surface area contributed by atoms with E-state index in [9.17, 15) is 14.0 Å². The highest BCUT2D eigenvalue weighted by atomic mass is 19.1. The van der Waals surface area contributed by atoms with Gasteiger partial charge in [0.1, 0.15) is 23.8 Å². The van der Waals surface area contributed by atoms with Crippen LogP contribution in [0.3, 0.4) is 0 Å². The predicted octanol–water partition coefficient (Wildman–Crippen LogP) is 2.93. The number of benzene rings is 1. The quantitative estimate of drug-likeness (QED) is 0.670. The van der Waals surface area contributed by atoms with E-state index in [0.29, 0.717) is 0 Å². The van der Waals surface area contributed by atoms with E-state index >= 15 is 0 Å². The lowest BCUT2D eigenvalue weighted by Crippen LogP contribution is -2.34. The number of Topliss-reactive ketones (excluding diaryl/α,β-unsaturated/α-hetero) is 1. The van der Waals surface area contributed by atoms with Crippen LogP contribution in [0.1, 0.15) is 38.1 Å². The first-order valence-electron chi connectivity index (χ1n) is 6.59. The Hall–Kier alpha value is -2.11. The van der Waals surface area contributed by atoms with Gasteiger partial charge in [0.25, 0.3) is 0 Å². The Balaban J connectivity index is 2.47. The monoisotopic (exact) mass is 297 g/mol. The Morgan fingerprint density at radius 1 is 1.29 bits per heavy atom. The molecule has 0 bridgehead atoms. The van der Waals surface area contributed by atoms with Crippen LogP contribution in [0.4, 0.5) is 9.18 Å². The maximum Gasteiger partial charge on any atom is 0.407 e. The molecule has 1 amide bonds. The first kappa shape index (κ1) is 16.9. The minimum atomic E-state index is -0.566. The topological polar surface area (TPSA) is 64.6 Å². The van der Waals surface area contributed by atoms with Crippen molar-refractivity contribution in [1.82, 2.24) is 5.32 Å². The summed E-state index contributed by atoms with van der Waals surface area (Å²) in [6.07, 6.45) is -0.544. The second-order valence-corrected chi connectivity index (χ2v) is 5.47. The highest BCUT2D eigenvalue weighted by Gasteiger charge is 2.15. The molecule has 0 aliphatic carbocycles. The molecule has 1 rings (SSSR count). The molecule has 0 radical (unpaired) electrons. The van der Waals surface area contributed by atoms with Crippen molar-refractivity contribution in [2.45, 2.75) is 33.3 Å². The molecular weight excluding hydrogens is 277 g/mol. The van der Waals surface area contributed by atoms with Crippen molar-refractivity contribution in [3.8, 4) is 5.75 Å². The average Bonchev–Trinajstić information content (AvgIpc) is 2.33. The summed E-state index contributed by atoms with van der Waals surface area (Å²) in [6.45, 7) is 6.98. The first-order chi connectivity index (χ1) is 9.69. The largest absolute Gasteiger partial charge is 0.491 e. The molecule has 0 aliphatic heterocycles. The molecule has 0 heterocycles. The van der Waals surface area contributed by atoms with Gasteiger partial charge in [0.15, 0.2) is 5.78 Å². The lowest BCUT2D eigenvalue weighted by Gasteiger charge is -2.19. The zero-order chi connectivity index (χ0) is 16.0. The Labute approximate surface area is 123 Å². The van der Waals surface area contributed by atoms with Crippen LogP contribution >= 0.6 is 0 Å². The Kier molecular flexibility index (Phi) is 5.69. The summed E-state index contributed by atoms with van der Waals surface area (Å²) < 4.78 is 23.5. The molecule has 0 atom stereocenters. The van der Waals surface area contributed by atoms with Crippen molar-refractivity contribution in [2.24, 2.45) is 0 Å². The molecule has 0 saturated carbocycles. The second kappa shape index (κ2) is 7.06. The molecule has 116 valence electrons. The van der Waals surface area contributed by atoms with Crippen LogP contribution in [-0.4, -0.2) is 30.6 Å². The highest BCUT2D eigenvalue weighted by molar-refractivity contribution is 5.96. The summed E-state index contributed by atoms with van der Waals surface area (Å²) in [5, 5.41) is 2.52. The van der Waals surface area contributed by atoms with E-state index in [1.54, 1.807) is 20.8 Å². The molecule has 0 aromatic heterocycles. The number of amides is 1. The van der Waals surface area contributed by atoms with Crippen molar-refractivity contribution < 1.29 is 23.5 Å². The van der Waals surface area contributed by atoms with Gasteiger partial charge < -0.3 is 14.8 Å². The van der Waals surface area contributed by atoms with Crippen molar-refractivity contribution in [3.63, 3.8) is 0 Å². The van der Waals surface area contributed by atoms with E-state index in [1.807, 2.05) is 0 Å². The molecule has 5 nitrogen and oxygen atoms in total. The number of rotatable bonds is 5. The molecule has 0 saturated heterocycles. The number of hydrogen-bond acceptors (Lipinski definition) is 4. The standard InChI is InChI=1S/C15H20FNO4/c1-10(18)12-9-11(16)5-6-13(12)20-8-7-17-14(19)21-15(2,3)4/h5-6,9H,7-8H2,1-4H3,(H,17,19). The van der Waals surface area contributed by atoms with Crippen LogP contribution in [0.25, 0.3) is 0 Å². The summed E-state index contributed by atoms with van der Waals surface area (Å²) in [7, 11) is 0. The average molecular weight is 297 g/mol. The summed E-state index contributed by atoms with van der Waals surface area (Å²) in [4.78, 5) is 22.8. The van der Waals surface area contributed by atoms with Gasteiger partial charge >= 0.3 is 6.09 Å². The molecule has 0 spiro atoms. The Bertz CT molecular complexity index is 523. The first-order valence-corrected chi connectivity index (χ1v) is 6.59. The van der Waals surface area contributed by atoms with E-state index in [4.69, 9.17) is 9.47 Å².